The molecular formula is C26H36O4Si. The van der Waals surface area contributed by atoms with E-state index in [1.165, 1.54) is 0 Å². The van der Waals surface area contributed by atoms with E-state index < -0.39 is 8.32 Å². The van der Waals surface area contributed by atoms with Gasteiger partial charge in [-0.25, -0.2) is 0 Å². The van der Waals surface area contributed by atoms with Crippen molar-refractivity contribution in [2.45, 2.75) is 77.7 Å². The first-order valence-corrected chi connectivity index (χ1v) is 14.2. The molecule has 1 aliphatic rings. The second-order valence-electron chi connectivity index (χ2n) is 9.88. The summed E-state index contributed by atoms with van der Waals surface area (Å²) in [6, 6.07) is 15.4. The Kier molecular flexibility index (Phi) is 7.86. The topological polar surface area (TPSA) is 44.8 Å². The highest BCUT2D eigenvalue weighted by molar-refractivity contribution is 6.74. The van der Waals surface area contributed by atoms with Gasteiger partial charge in [-0.3, -0.25) is 4.79 Å². The van der Waals surface area contributed by atoms with Gasteiger partial charge in [0, 0.05) is 17.7 Å². The Labute approximate surface area is 188 Å². The van der Waals surface area contributed by atoms with Crippen molar-refractivity contribution in [2.24, 2.45) is 0 Å². The third kappa shape index (κ3) is 6.59. The second-order valence-corrected chi connectivity index (χ2v) is 14.7. The summed E-state index contributed by atoms with van der Waals surface area (Å²) in [5, 5.41) is 0.184. The van der Waals surface area contributed by atoms with Crippen molar-refractivity contribution in [1.29, 1.82) is 0 Å². The van der Waals surface area contributed by atoms with Crippen LogP contribution in [0.2, 0.25) is 18.1 Å². The van der Waals surface area contributed by atoms with Crippen LogP contribution < -0.4 is 0 Å². The minimum Gasteiger partial charge on any atom is -0.413 e. The molecule has 1 unspecified atom stereocenters. The van der Waals surface area contributed by atoms with Crippen LogP contribution in [-0.2, 0) is 27.1 Å². The van der Waals surface area contributed by atoms with Crippen molar-refractivity contribution in [1.82, 2.24) is 0 Å². The summed E-state index contributed by atoms with van der Waals surface area (Å²) in [5.41, 5.74) is 3.52. The quantitative estimate of drug-likeness (QED) is 0.348. The van der Waals surface area contributed by atoms with Gasteiger partial charge in [-0.15, -0.1) is 0 Å². The molecule has 1 heterocycles. The third-order valence-corrected chi connectivity index (χ3v) is 10.9. The number of rotatable bonds is 8. The second kappa shape index (κ2) is 10.2. The molecule has 0 saturated carbocycles. The zero-order valence-corrected chi connectivity index (χ0v) is 20.6. The molecule has 0 aromatic heterocycles. The van der Waals surface area contributed by atoms with Crippen molar-refractivity contribution in [3.63, 3.8) is 0 Å². The zero-order valence-electron chi connectivity index (χ0n) is 19.6. The minimum atomic E-state index is -1.78. The summed E-state index contributed by atoms with van der Waals surface area (Å²) in [6.45, 7) is 13.1. The van der Waals surface area contributed by atoms with E-state index >= 15 is 0 Å². The minimum absolute atomic E-state index is 0.0277. The molecule has 4 nitrogen and oxygen atoms in total. The molecule has 1 fully saturated rings. The monoisotopic (exact) mass is 440 g/mol. The fourth-order valence-electron chi connectivity index (χ4n) is 3.18. The van der Waals surface area contributed by atoms with Crippen molar-refractivity contribution >= 4 is 14.1 Å². The van der Waals surface area contributed by atoms with E-state index in [-0.39, 0.29) is 17.1 Å². The van der Waals surface area contributed by atoms with Gasteiger partial charge in [-0.2, -0.15) is 0 Å². The summed E-state index contributed by atoms with van der Waals surface area (Å²) in [6.07, 6.45) is 3.11. The van der Waals surface area contributed by atoms with Crippen LogP contribution in [0.3, 0.4) is 0 Å². The standard InChI is InChI=1S/C26H36O4Si/c1-26(2,3)31(4,5)30-19-21-11-15-23(16-12-21)25(27)22-13-9-20(10-14-22)18-29-24-8-6-7-17-28-24/h9-16,24H,6-8,17-19H2,1-5H3. The molecule has 0 amide bonds. The number of ether oxygens (including phenoxy) is 2. The molecule has 3 rings (SSSR count). The lowest BCUT2D eigenvalue weighted by atomic mass is 10.0. The molecule has 1 atom stereocenters. The molecule has 2 aromatic carbocycles. The van der Waals surface area contributed by atoms with E-state index in [1.54, 1.807) is 0 Å². The van der Waals surface area contributed by atoms with Gasteiger partial charge in [-0.1, -0.05) is 69.3 Å². The van der Waals surface area contributed by atoms with E-state index in [1.807, 2.05) is 48.5 Å². The molecular weight excluding hydrogens is 404 g/mol. The molecule has 168 valence electrons. The Balaban J connectivity index is 1.54. The average Bonchev–Trinajstić information content (AvgIpc) is 2.76. The number of benzene rings is 2. The van der Waals surface area contributed by atoms with Crippen LogP contribution in [0.4, 0.5) is 0 Å². The zero-order chi connectivity index (χ0) is 22.5. The molecule has 1 saturated heterocycles. The van der Waals surface area contributed by atoms with Crippen molar-refractivity contribution in [2.75, 3.05) is 6.61 Å². The number of ketones is 1. The van der Waals surface area contributed by atoms with Gasteiger partial charge < -0.3 is 13.9 Å². The number of carbonyl (C=O) groups is 1. The number of carbonyl (C=O) groups excluding carboxylic acids is 1. The lowest BCUT2D eigenvalue weighted by Gasteiger charge is -2.36. The average molecular weight is 441 g/mol. The molecule has 2 aromatic rings. The molecule has 31 heavy (non-hydrogen) atoms. The van der Waals surface area contributed by atoms with Crippen LogP contribution in [0.1, 0.15) is 67.1 Å². The molecule has 0 spiro atoms. The van der Waals surface area contributed by atoms with Crippen LogP contribution in [0.15, 0.2) is 48.5 Å². The summed E-state index contributed by atoms with van der Waals surface area (Å²) in [4.78, 5) is 12.8. The molecule has 5 heteroatoms. The number of hydrogen-bond donors (Lipinski definition) is 0. The van der Waals surface area contributed by atoms with Gasteiger partial charge in [0.2, 0.25) is 0 Å². The van der Waals surface area contributed by atoms with Crippen molar-refractivity contribution in [3.05, 3.63) is 70.8 Å². The van der Waals surface area contributed by atoms with Crippen LogP contribution in [-0.4, -0.2) is 27.0 Å². The van der Waals surface area contributed by atoms with Crippen LogP contribution in [0.25, 0.3) is 0 Å². The van der Waals surface area contributed by atoms with E-state index in [0.717, 1.165) is 37.0 Å². The van der Waals surface area contributed by atoms with Crippen molar-refractivity contribution in [3.8, 4) is 0 Å². The maximum atomic E-state index is 12.8. The SMILES string of the molecule is CC(C)(C)[Si](C)(C)OCc1ccc(C(=O)c2ccc(COC3CCCCO3)cc2)cc1. The van der Waals surface area contributed by atoms with E-state index in [2.05, 4.69) is 33.9 Å². The highest BCUT2D eigenvalue weighted by atomic mass is 28.4. The Morgan fingerprint density at radius 1 is 0.935 bits per heavy atom. The third-order valence-electron chi connectivity index (χ3n) is 6.41. The lowest BCUT2D eigenvalue weighted by Crippen LogP contribution is -2.40. The van der Waals surface area contributed by atoms with Gasteiger partial charge in [0.25, 0.3) is 0 Å². The fourth-order valence-corrected chi connectivity index (χ4v) is 4.14. The maximum Gasteiger partial charge on any atom is 0.193 e. The normalized spacial score (nSPS) is 17.5. The van der Waals surface area contributed by atoms with Crippen LogP contribution >= 0.6 is 0 Å². The number of hydrogen-bond acceptors (Lipinski definition) is 4. The van der Waals surface area contributed by atoms with Crippen LogP contribution in [0, 0.1) is 0 Å². The fraction of sp³-hybridized carbons (Fsp3) is 0.500. The molecule has 0 N–H and O–H groups in total. The summed E-state index contributed by atoms with van der Waals surface area (Å²) >= 11 is 0. The van der Waals surface area contributed by atoms with Gasteiger partial charge in [-0.05, 0) is 48.5 Å². The van der Waals surface area contributed by atoms with E-state index in [0.29, 0.717) is 24.3 Å². The predicted molar refractivity (Wildman–Crippen MR) is 127 cm³/mol. The largest absolute Gasteiger partial charge is 0.413 e. The maximum absolute atomic E-state index is 12.8. The highest BCUT2D eigenvalue weighted by Crippen LogP contribution is 2.37. The summed E-state index contributed by atoms with van der Waals surface area (Å²) < 4.78 is 17.7. The summed E-state index contributed by atoms with van der Waals surface area (Å²) in [7, 11) is -1.78. The highest BCUT2D eigenvalue weighted by Gasteiger charge is 2.37. The Morgan fingerprint density at radius 2 is 1.48 bits per heavy atom. The smallest absolute Gasteiger partial charge is 0.193 e. The van der Waals surface area contributed by atoms with Crippen LogP contribution in [0.5, 0.6) is 0 Å². The first-order valence-electron chi connectivity index (χ1n) is 11.3. The van der Waals surface area contributed by atoms with Crippen molar-refractivity contribution < 1.29 is 18.7 Å². The van der Waals surface area contributed by atoms with Gasteiger partial charge in [0.15, 0.2) is 20.4 Å². The predicted octanol–water partition coefficient (Wildman–Crippen LogP) is 6.48. The Hall–Kier alpha value is -1.79. The van der Waals surface area contributed by atoms with E-state index in [9.17, 15) is 4.79 Å². The molecule has 0 radical (unpaired) electrons. The first kappa shape index (κ1) is 23.9. The lowest BCUT2D eigenvalue weighted by molar-refractivity contribution is -0.168. The summed E-state index contributed by atoms with van der Waals surface area (Å²) in [5.74, 6) is 0.0277. The molecule has 0 bridgehead atoms. The Bertz CT molecular complexity index is 844. The molecule has 1 aliphatic heterocycles. The van der Waals surface area contributed by atoms with Gasteiger partial charge in [0.1, 0.15) is 0 Å². The Morgan fingerprint density at radius 3 is 1.97 bits per heavy atom. The van der Waals surface area contributed by atoms with E-state index in [4.69, 9.17) is 13.9 Å². The first-order chi connectivity index (χ1) is 14.7. The van der Waals surface area contributed by atoms with Gasteiger partial charge in [0.05, 0.1) is 13.2 Å². The molecule has 0 aliphatic carbocycles. The van der Waals surface area contributed by atoms with Gasteiger partial charge >= 0.3 is 0 Å².